The number of amides is 2. The molecule has 0 aliphatic heterocycles. The number of benzene rings is 2. The first-order valence-corrected chi connectivity index (χ1v) is 7.35. The first-order chi connectivity index (χ1) is 11.0. The average molecular weight is 333 g/mol. The van der Waals surface area contributed by atoms with Crippen molar-refractivity contribution in [3.63, 3.8) is 0 Å². The number of carbonyl (C=O) groups excluding carboxylic acids is 2. The molecule has 2 N–H and O–H groups in total. The van der Waals surface area contributed by atoms with E-state index in [0.717, 1.165) is 11.1 Å². The maximum Gasteiger partial charge on any atom is 0.269 e. The van der Waals surface area contributed by atoms with Crippen molar-refractivity contribution in [3.8, 4) is 5.75 Å². The minimum Gasteiger partial charge on any atom is -0.496 e. The van der Waals surface area contributed by atoms with Gasteiger partial charge in [0.2, 0.25) is 5.91 Å². The highest BCUT2D eigenvalue weighted by atomic mass is 35.5. The van der Waals surface area contributed by atoms with Crippen LogP contribution in [0.1, 0.15) is 21.5 Å². The van der Waals surface area contributed by atoms with Gasteiger partial charge in [0.25, 0.3) is 5.91 Å². The molecule has 5 nitrogen and oxygen atoms in total. The number of hydrogen-bond donors (Lipinski definition) is 2. The number of ether oxygens (including phenoxy) is 1. The lowest BCUT2D eigenvalue weighted by Gasteiger charge is -2.10. The monoisotopic (exact) mass is 332 g/mol. The number of aryl methyl sites for hydroxylation is 1. The molecule has 0 unspecified atom stereocenters. The fourth-order valence-corrected chi connectivity index (χ4v) is 2.12. The third-order valence-corrected chi connectivity index (χ3v) is 3.52. The molecular weight excluding hydrogens is 316 g/mol. The third-order valence-electron chi connectivity index (χ3n) is 3.26. The fourth-order valence-electron chi connectivity index (χ4n) is 1.99. The summed E-state index contributed by atoms with van der Waals surface area (Å²) in [6.07, 6.45) is 0.147. The lowest BCUT2D eigenvalue weighted by Crippen LogP contribution is -2.42. The van der Waals surface area contributed by atoms with Crippen molar-refractivity contribution < 1.29 is 14.3 Å². The maximum absolute atomic E-state index is 12.0. The molecule has 0 aliphatic rings. The smallest absolute Gasteiger partial charge is 0.269 e. The molecule has 2 amide bonds. The van der Waals surface area contributed by atoms with Crippen LogP contribution in [-0.4, -0.2) is 18.9 Å². The lowest BCUT2D eigenvalue weighted by molar-refractivity contribution is -0.121. The van der Waals surface area contributed by atoms with Gasteiger partial charge in [-0.25, -0.2) is 0 Å². The van der Waals surface area contributed by atoms with Crippen molar-refractivity contribution in [2.45, 2.75) is 13.3 Å². The van der Waals surface area contributed by atoms with Crippen LogP contribution < -0.4 is 15.6 Å². The lowest BCUT2D eigenvalue weighted by atomic mass is 10.1. The van der Waals surface area contributed by atoms with Crippen LogP contribution in [0.4, 0.5) is 0 Å². The van der Waals surface area contributed by atoms with E-state index < -0.39 is 5.91 Å². The molecular formula is C17H17ClN2O3. The molecule has 23 heavy (non-hydrogen) atoms. The highest BCUT2D eigenvalue weighted by Gasteiger charge is 2.10. The Bertz CT molecular complexity index is 714. The predicted octanol–water partition coefficient (Wildman–Crippen LogP) is 2.66. The molecule has 0 spiro atoms. The summed E-state index contributed by atoms with van der Waals surface area (Å²) >= 11 is 5.79. The van der Waals surface area contributed by atoms with Gasteiger partial charge in [0, 0.05) is 10.6 Å². The summed E-state index contributed by atoms with van der Waals surface area (Å²) in [6, 6.07) is 12.0. The number of hydrogen-bond acceptors (Lipinski definition) is 3. The third kappa shape index (κ3) is 4.72. The van der Waals surface area contributed by atoms with Gasteiger partial charge in [-0.05, 0) is 42.3 Å². The zero-order chi connectivity index (χ0) is 16.8. The maximum atomic E-state index is 12.0. The molecule has 2 aromatic rings. The average Bonchev–Trinajstić information content (AvgIpc) is 2.55. The van der Waals surface area contributed by atoms with Crippen LogP contribution >= 0.6 is 11.6 Å². The van der Waals surface area contributed by atoms with Gasteiger partial charge >= 0.3 is 0 Å². The van der Waals surface area contributed by atoms with Crippen LogP contribution in [0.15, 0.2) is 42.5 Å². The SMILES string of the molecule is COc1cc(C(=O)NNC(=O)Cc2ccc(Cl)cc2)ccc1C. The van der Waals surface area contributed by atoms with Gasteiger partial charge < -0.3 is 4.74 Å². The fraction of sp³-hybridized carbons (Fsp3) is 0.176. The molecule has 0 atom stereocenters. The zero-order valence-corrected chi connectivity index (χ0v) is 13.6. The van der Waals surface area contributed by atoms with Crippen LogP contribution in [0.5, 0.6) is 5.75 Å². The molecule has 0 radical (unpaired) electrons. The van der Waals surface area contributed by atoms with Crippen molar-refractivity contribution in [3.05, 3.63) is 64.2 Å². The van der Waals surface area contributed by atoms with Crippen molar-refractivity contribution in [1.29, 1.82) is 0 Å². The van der Waals surface area contributed by atoms with Crippen molar-refractivity contribution in [1.82, 2.24) is 10.9 Å². The Balaban J connectivity index is 1.91. The molecule has 0 bridgehead atoms. The summed E-state index contributed by atoms with van der Waals surface area (Å²) in [5, 5.41) is 0.607. The standard InChI is InChI=1S/C17H17ClN2O3/c1-11-3-6-13(10-15(11)23-2)17(22)20-19-16(21)9-12-4-7-14(18)8-5-12/h3-8,10H,9H2,1-2H3,(H,19,21)(H,20,22). The summed E-state index contributed by atoms with van der Waals surface area (Å²) in [5.74, 6) is -0.113. The minimum atomic E-state index is -0.409. The summed E-state index contributed by atoms with van der Waals surface area (Å²) in [5.41, 5.74) is 6.90. The van der Waals surface area contributed by atoms with Crippen LogP contribution in [0, 0.1) is 6.92 Å². The van der Waals surface area contributed by atoms with Gasteiger partial charge in [0.1, 0.15) is 5.75 Å². The number of nitrogens with one attached hydrogen (secondary N) is 2. The first kappa shape index (κ1) is 16.8. The van der Waals surface area contributed by atoms with Crippen LogP contribution in [0.25, 0.3) is 0 Å². The zero-order valence-electron chi connectivity index (χ0n) is 12.9. The van der Waals surface area contributed by atoms with Crippen LogP contribution in [-0.2, 0) is 11.2 Å². The number of carbonyl (C=O) groups is 2. The second kappa shape index (κ2) is 7.65. The van der Waals surface area contributed by atoms with Gasteiger partial charge in [-0.2, -0.15) is 0 Å². The Labute approximate surface area is 139 Å². The molecule has 0 aromatic heterocycles. The Morgan fingerprint density at radius 1 is 1.09 bits per heavy atom. The molecule has 0 saturated carbocycles. The molecule has 0 fully saturated rings. The van der Waals surface area contributed by atoms with Crippen LogP contribution in [0.2, 0.25) is 5.02 Å². The Morgan fingerprint density at radius 3 is 2.43 bits per heavy atom. The van der Waals surface area contributed by atoms with Gasteiger partial charge in [-0.1, -0.05) is 29.8 Å². The molecule has 0 heterocycles. The number of hydrazine groups is 1. The normalized spacial score (nSPS) is 10.0. The van der Waals surface area contributed by atoms with Crippen molar-refractivity contribution in [2.75, 3.05) is 7.11 Å². The highest BCUT2D eigenvalue weighted by Crippen LogP contribution is 2.18. The van der Waals surface area contributed by atoms with Crippen LogP contribution in [0.3, 0.4) is 0 Å². The summed E-state index contributed by atoms with van der Waals surface area (Å²) in [4.78, 5) is 23.9. The van der Waals surface area contributed by atoms with E-state index in [9.17, 15) is 9.59 Å². The second-order valence-electron chi connectivity index (χ2n) is 4.99. The van der Waals surface area contributed by atoms with E-state index in [1.165, 1.54) is 7.11 Å². The number of halogens is 1. The molecule has 2 rings (SSSR count). The Morgan fingerprint density at radius 2 is 1.78 bits per heavy atom. The molecule has 2 aromatic carbocycles. The molecule has 0 saturated heterocycles. The first-order valence-electron chi connectivity index (χ1n) is 6.98. The molecule has 120 valence electrons. The van der Waals surface area contributed by atoms with E-state index in [2.05, 4.69) is 10.9 Å². The van der Waals surface area contributed by atoms with E-state index in [4.69, 9.17) is 16.3 Å². The van der Waals surface area contributed by atoms with Gasteiger partial charge in [0.05, 0.1) is 13.5 Å². The number of methoxy groups -OCH3 is 1. The summed E-state index contributed by atoms with van der Waals surface area (Å²) in [6.45, 7) is 1.88. The number of rotatable bonds is 4. The van der Waals surface area contributed by atoms with E-state index >= 15 is 0 Å². The summed E-state index contributed by atoms with van der Waals surface area (Å²) < 4.78 is 5.17. The van der Waals surface area contributed by atoms with E-state index in [1.54, 1.807) is 42.5 Å². The Hall–Kier alpha value is -2.53. The Kier molecular flexibility index (Phi) is 5.60. The summed E-state index contributed by atoms with van der Waals surface area (Å²) in [7, 11) is 1.54. The highest BCUT2D eigenvalue weighted by molar-refractivity contribution is 6.30. The minimum absolute atomic E-state index is 0.147. The quantitative estimate of drug-likeness (QED) is 0.846. The molecule has 0 aliphatic carbocycles. The van der Waals surface area contributed by atoms with E-state index in [-0.39, 0.29) is 12.3 Å². The van der Waals surface area contributed by atoms with Crippen molar-refractivity contribution >= 4 is 23.4 Å². The predicted molar refractivity (Wildman–Crippen MR) is 88.5 cm³/mol. The van der Waals surface area contributed by atoms with Crippen molar-refractivity contribution in [2.24, 2.45) is 0 Å². The van der Waals surface area contributed by atoms with Gasteiger partial charge in [-0.15, -0.1) is 0 Å². The van der Waals surface area contributed by atoms with Gasteiger partial charge in [0.15, 0.2) is 0 Å². The second-order valence-corrected chi connectivity index (χ2v) is 5.43. The molecule has 6 heteroatoms. The largest absolute Gasteiger partial charge is 0.496 e. The van der Waals surface area contributed by atoms with E-state index in [0.29, 0.717) is 16.3 Å². The van der Waals surface area contributed by atoms with Gasteiger partial charge in [-0.3, -0.25) is 20.4 Å². The topological polar surface area (TPSA) is 67.4 Å². The van der Waals surface area contributed by atoms with E-state index in [1.807, 2.05) is 6.92 Å².